The molecule has 0 N–H and O–H groups in total. The van der Waals surface area contributed by atoms with Crippen molar-refractivity contribution in [1.29, 1.82) is 0 Å². The minimum absolute atomic E-state index is 0.783. The molecule has 0 nitrogen and oxygen atoms in total. The monoisotopic (exact) mass is 254 g/mol. The second kappa shape index (κ2) is 4.96. The van der Waals surface area contributed by atoms with E-state index in [4.69, 9.17) is 0 Å². The molecule has 2 aromatic carbocycles. The summed E-state index contributed by atoms with van der Waals surface area (Å²) in [6.07, 6.45) is 0. The van der Waals surface area contributed by atoms with Gasteiger partial charge in [0.25, 0.3) is 0 Å². The summed E-state index contributed by atoms with van der Waals surface area (Å²) >= 11 is 0. The summed E-state index contributed by atoms with van der Waals surface area (Å²) in [5.74, 6) is 0. The minimum Gasteiger partial charge on any atom is -0.0622 e. The Balaban J connectivity index is 1.96. The Kier molecular flexibility index (Phi) is 3.18. The topological polar surface area (TPSA) is 0 Å². The first-order valence-electron chi connectivity index (χ1n) is 5.60. The quantitative estimate of drug-likeness (QED) is 0.605. The molecule has 2 heteroatoms. The normalized spacial score (nSPS) is 11.8. The van der Waals surface area contributed by atoms with Gasteiger partial charge in [-0.3, -0.25) is 0 Å². The van der Waals surface area contributed by atoms with E-state index in [9.17, 15) is 0 Å². The third-order valence-electron chi connectivity index (χ3n) is 2.64. The maximum atomic E-state index is 2.27. The summed E-state index contributed by atoms with van der Waals surface area (Å²) in [6.45, 7) is 0. The van der Waals surface area contributed by atoms with Gasteiger partial charge in [0.05, 0.1) is 0 Å². The van der Waals surface area contributed by atoms with E-state index in [1.807, 2.05) is 0 Å². The van der Waals surface area contributed by atoms with Crippen molar-refractivity contribution >= 4 is 37.6 Å². The Morgan fingerprint density at radius 3 is 2.35 bits per heavy atom. The smallest absolute Gasteiger partial charge is 0.00963 e. The Morgan fingerprint density at radius 2 is 1.47 bits per heavy atom. The molecule has 0 aliphatic rings. The van der Waals surface area contributed by atoms with E-state index in [-0.39, 0.29) is 0 Å². The molecule has 1 atom stereocenters. The van der Waals surface area contributed by atoms with Gasteiger partial charge < -0.3 is 0 Å². The van der Waals surface area contributed by atoms with Gasteiger partial charge in [0.1, 0.15) is 0 Å². The molecule has 82 valence electrons. The third-order valence-corrected chi connectivity index (χ3v) is 5.40. The molecule has 0 amide bonds. The Bertz CT molecular complexity index is 633. The van der Waals surface area contributed by atoms with Crippen molar-refractivity contribution in [1.82, 2.24) is 0 Å². The van der Waals surface area contributed by atoms with Crippen LogP contribution in [0.2, 0.25) is 0 Å². The molecule has 17 heavy (non-hydrogen) atoms. The van der Waals surface area contributed by atoms with Crippen LogP contribution in [-0.2, 0) is 0 Å². The molecule has 0 fully saturated rings. The van der Waals surface area contributed by atoms with Crippen LogP contribution in [0.25, 0.3) is 10.5 Å². The molecule has 1 heterocycles. The largest absolute Gasteiger partial charge is 0.0622 e. The van der Waals surface area contributed by atoms with E-state index in [1.165, 1.54) is 29.0 Å². The fourth-order valence-electron chi connectivity index (χ4n) is 1.81. The highest BCUT2D eigenvalue weighted by atomic mass is 31.1. The zero-order valence-electron chi connectivity index (χ0n) is 9.30. The Labute approximate surface area is 105 Å². The van der Waals surface area contributed by atoms with E-state index >= 15 is 0 Å². The average Bonchev–Trinajstić information content (AvgIpc) is 2.40. The standard InChI is InChI=1S/C15H12P2/c1-2-7-13(8-3-1)16-15-11-10-12-6-4-5-9-14(12)17-15/h1-11,16H. The Morgan fingerprint density at radius 1 is 0.706 bits per heavy atom. The van der Waals surface area contributed by atoms with Crippen LogP contribution in [0, 0.1) is 0 Å². The highest BCUT2D eigenvalue weighted by molar-refractivity contribution is 7.68. The van der Waals surface area contributed by atoms with Gasteiger partial charge >= 0.3 is 0 Å². The number of rotatable bonds is 2. The number of hydrogen-bond donors (Lipinski definition) is 0. The fourth-order valence-corrected chi connectivity index (χ4v) is 4.45. The molecule has 0 saturated heterocycles. The lowest BCUT2D eigenvalue weighted by Crippen LogP contribution is -1.98. The van der Waals surface area contributed by atoms with Crippen LogP contribution in [0.15, 0.2) is 66.7 Å². The van der Waals surface area contributed by atoms with Crippen LogP contribution in [-0.4, -0.2) is 0 Å². The van der Waals surface area contributed by atoms with Crippen molar-refractivity contribution in [2.45, 2.75) is 0 Å². The Hall–Kier alpha value is -1.22. The number of benzene rings is 2. The maximum absolute atomic E-state index is 2.27. The van der Waals surface area contributed by atoms with Crippen molar-refractivity contribution < 1.29 is 0 Å². The summed E-state index contributed by atoms with van der Waals surface area (Å²) < 4.78 is 0. The molecule has 1 unspecified atom stereocenters. The van der Waals surface area contributed by atoms with Gasteiger partial charge in [0, 0.05) is 10.2 Å². The highest BCUT2D eigenvalue weighted by Gasteiger charge is 1.98. The number of fused-ring (bicyclic) bond motifs is 1. The summed E-state index contributed by atoms with van der Waals surface area (Å²) in [4.78, 5) is 0. The van der Waals surface area contributed by atoms with Crippen molar-refractivity contribution in [3.63, 3.8) is 0 Å². The van der Waals surface area contributed by atoms with Gasteiger partial charge in [-0.05, 0) is 22.8 Å². The zero-order chi connectivity index (χ0) is 11.5. The molecule has 0 radical (unpaired) electrons. The van der Waals surface area contributed by atoms with Gasteiger partial charge in [-0.2, -0.15) is 0 Å². The van der Waals surface area contributed by atoms with Crippen molar-refractivity contribution in [3.8, 4) is 0 Å². The van der Waals surface area contributed by atoms with Crippen LogP contribution >= 0.6 is 16.8 Å². The maximum Gasteiger partial charge on any atom is 0.00963 e. The second-order valence-electron chi connectivity index (χ2n) is 3.88. The molecule has 0 saturated carbocycles. The summed E-state index contributed by atoms with van der Waals surface area (Å²) in [5, 5.41) is 5.69. The first-order valence-corrected chi connectivity index (χ1v) is 7.49. The molecular formula is C15H12P2. The summed E-state index contributed by atoms with van der Waals surface area (Å²) in [6, 6.07) is 23.8. The van der Waals surface area contributed by atoms with Crippen molar-refractivity contribution in [3.05, 3.63) is 66.7 Å². The van der Waals surface area contributed by atoms with Crippen LogP contribution in [0.3, 0.4) is 0 Å². The lowest BCUT2D eigenvalue weighted by atomic mass is 10.2. The van der Waals surface area contributed by atoms with E-state index in [2.05, 4.69) is 66.7 Å². The van der Waals surface area contributed by atoms with E-state index in [1.54, 1.807) is 0 Å². The molecule has 0 bridgehead atoms. The van der Waals surface area contributed by atoms with Crippen LogP contribution in [0.1, 0.15) is 0 Å². The predicted molar refractivity (Wildman–Crippen MR) is 80.5 cm³/mol. The molecule has 1 aromatic heterocycles. The van der Waals surface area contributed by atoms with Crippen LogP contribution < -0.4 is 10.3 Å². The second-order valence-corrected chi connectivity index (χ2v) is 6.85. The highest BCUT2D eigenvalue weighted by Crippen LogP contribution is 2.25. The third kappa shape index (κ3) is 2.55. The molecule has 3 aromatic rings. The van der Waals surface area contributed by atoms with E-state index < -0.39 is 0 Å². The van der Waals surface area contributed by atoms with Gasteiger partial charge in [-0.1, -0.05) is 71.4 Å². The van der Waals surface area contributed by atoms with Gasteiger partial charge in [-0.15, -0.1) is 0 Å². The first kappa shape index (κ1) is 10.9. The van der Waals surface area contributed by atoms with Gasteiger partial charge in [0.2, 0.25) is 0 Å². The molecule has 0 aliphatic heterocycles. The lowest BCUT2D eigenvalue weighted by molar-refractivity contribution is 1.78. The lowest BCUT2D eigenvalue weighted by Gasteiger charge is -2.03. The average molecular weight is 254 g/mol. The minimum atomic E-state index is 0.783. The van der Waals surface area contributed by atoms with Gasteiger partial charge in [0.15, 0.2) is 0 Å². The van der Waals surface area contributed by atoms with Crippen molar-refractivity contribution in [2.24, 2.45) is 0 Å². The molecule has 0 spiro atoms. The van der Waals surface area contributed by atoms with Crippen LogP contribution in [0.4, 0.5) is 0 Å². The van der Waals surface area contributed by atoms with E-state index in [0.29, 0.717) is 0 Å². The van der Waals surface area contributed by atoms with E-state index in [0.717, 1.165) is 8.58 Å². The number of hydrogen-bond acceptors (Lipinski definition) is 0. The predicted octanol–water partition coefficient (Wildman–Crippen LogP) is 4.05. The van der Waals surface area contributed by atoms with Crippen LogP contribution in [0.5, 0.6) is 0 Å². The van der Waals surface area contributed by atoms with Gasteiger partial charge in [-0.25, -0.2) is 0 Å². The summed E-state index contributed by atoms with van der Waals surface area (Å²) in [7, 11) is 2.15. The zero-order valence-corrected chi connectivity index (χ0v) is 11.2. The SMILES string of the molecule is c1ccc(Pc2ccc3ccccc3p2)cc1. The first-order chi connectivity index (χ1) is 8.42. The summed E-state index contributed by atoms with van der Waals surface area (Å²) in [5.41, 5.74) is 0. The molecular weight excluding hydrogens is 242 g/mol. The fraction of sp³-hybridized carbons (Fsp3) is 0. The van der Waals surface area contributed by atoms with Crippen molar-refractivity contribution in [2.75, 3.05) is 0 Å². The molecule has 0 aliphatic carbocycles. The molecule has 3 rings (SSSR count).